The molecule has 3 aromatic carbocycles. The van der Waals surface area contributed by atoms with Crippen molar-refractivity contribution in [3.63, 3.8) is 0 Å². The SMILES string of the molecule is O=C(N/N=C(/c1ccccc1)C1CCCC1)[C@H]1CC1(c1ccccc1)c1ccccc1. The third-order valence-corrected chi connectivity index (χ3v) is 6.95. The van der Waals surface area contributed by atoms with E-state index in [0.717, 1.165) is 30.5 Å². The van der Waals surface area contributed by atoms with Crippen molar-refractivity contribution >= 4 is 11.6 Å². The minimum absolute atomic E-state index is 0.0131. The van der Waals surface area contributed by atoms with E-state index in [1.165, 1.54) is 24.0 Å². The smallest absolute Gasteiger partial charge is 0.244 e. The standard InChI is InChI=1S/C28H28N2O/c31-27(30-29-26(22-14-10-11-15-22)21-12-4-1-5-13-21)25-20-28(25,23-16-6-2-7-17-23)24-18-8-3-9-19-24/h1-9,12-13,16-19,22,25H,10-11,14-15,20H2,(H,30,31)/b29-26-/t25-/m1/s1. The normalized spacial score (nSPS) is 20.4. The maximum atomic E-state index is 13.3. The maximum Gasteiger partial charge on any atom is 0.244 e. The van der Waals surface area contributed by atoms with E-state index in [2.05, 4.69) is 66.1 Å². The van der Waals surface area contributed by atoms with Crippen LogP contribution in [0.5, 0.6) is 0 Å². The van der Waals surface area contributed by atoms with Gasteiger partial charge in [0.2, 0.25) is 5.91 Å². The second-order valence-electron chi connectivity index (χ2n) is 8.78. The van der Waals surface area contributed by atoms with Crippen molar-refractivity contribution in [3.8, 4) is 0 Å². The van der Waals surface area contributed by atoms with E-state index in [0.29, 0.717) is 5.92 Å². The fourth-order valence-corrected chi connectivity index (χ4v) is 5.25. The Morgan fingerprint density at radius 1 is 0.774 bits per heavy atom. The Balaban J connectivity index is 1.42. The highest BCUT2D eigenvalue weighted by Crippen LogP contribution is 2.58. The summed E-state index contributed by atoms with van der Waals surface area (Å²) in [4.78, 5) is 13.3. The topological polar surface area (TPSA) is 41.5 Å². The van der Waals surface area contributed by atoms with Gasteiger partial charge in [-0.25, -0.2) is 5.43 Å². The van der Waals surface area contributed by atoms with E-state index in [1.54, 1.807) is 0 Å². The first kappa shape index (κ1) is 19.7. The number of hydrogen-bond acceptors (Lipinski definition) is 2. The Labute approximate surface area is 184 Å². The predicted octanol–water partition coefficient (Wildman–Crippen LogP) is 5.70. The molecular formula is C28H28N2O. The van der Waals surface area contributed by atoms with Crippen LogP contribution in [0.1, 0.15) is 48.8 Å². The maximum absolute atomic E-state index is 13.3. The van der Waals surface area contributed by atoms with E-state index >= 15 is 0 Å². The lowest BCUT2D eigenvalue weighted by Crippen LogP contribution is -2.28. The summed E-state index contributed by atoms with van der Waals surface area (Å²) < 4.78 is 0. The van der Waals surface area contributed by atoms with Crippen molar-refractivity contribution in [1.82, 2.24) is 5.43 Å². The number of carbonyl (C=O) groups is 1. The molecule has 0 aliphatic heterocycles. The summed E-state index contributed by atoms with van der Waals surface area (Å²) in [5.74, 6) is 0.329. The summed E-state index contributed by atoms with van der Waals surface area (Å²) in [6, 6.07) is 31.1. The van der Waals surface area contributed by atoms with Gasteiger partial charge in [0.25, 0.3) is 0 Å². The van der Waals surface area contributed by atoms with Gasteiger partial charge in [-0.1, -0.05) is 104 Å². The van der Waals surface area contributed by atoms with Gasteiger partial charge in [0.1, 0.15) is 0 Å². The molecule has 5 rings (SSSR count). The molecule has 2 fully saturated rings. The Hall–Kier alpha value is -3.20. The van der Waals surface area contributed by atoms with Crippen molar-refractivity contribution < 1.29 is 4.79 Å². The molecule has 3 aromatic rings. The molecule has 3 nitrogen and oxygen atoms in total. The molecule has 1 atom stereocenters. The van der Waals surface area contributed by atoms with Crippen LogP contribution < -0.4 is 5.43 Å². The molecule has 0 radical (unpaired) electrons. The van der Waals surface area contributed by atoms with E-state index in [4.69, 9.17) is 5.10 Å². The average molecular weight is 409 g/mol. The second kappa shape index (κ2) is 8.50. The third kappa shape index (κ3) is 3.81. The number of benzene rings is 3. The minimum Gasteiger partial charge on any atom is -0.273 e. The predicted molar refractivity (Wildman–Crippen MR) is 125 cm³/mol. The van der Waals surface area contributed by atoms with Crippen LogP contribution in [0.3, 0.4) is 0 Å². The highest BCUT2D eigenvalue weighted by molar-refractivity contribution is 6.03. The highest BCUT2D eigenvalue weighted by atomic mass is 16.2. The molecule has 156 valence electrons. The van der Waals surface area contributed by atoms with Crippen LogP contribution in [0.15, 0.2) is 96.1 Å². The van der Waals surface area contributed by atoms with Crippen LogP contribution in [0, 0.1) is 11.8 Å². The van der Waals surface area contributed by atoms with Gasteiger partial charge in [0.15, 0.2) is 0 Å². The van der Waals surface area contributed by atoms with Crippen LogP contribution >= 0.6 is 0 Å². The fraction of sp³-hybridized carbons (Fsp3) is 0.286. The van der Waals surface area contributed by atoms with Crippen molar-refractivity contribution in [2.45, 2.75) is 37.5 Å². The van der Waals surface area contributed by atoms with Gasteiger partial charge in [-0.05, 0) is 36.0 Å². The number of nitrogens with one attached hydrogen (secondary N) is 1. The molecule has 2 aliphatic rings. The van der Waals surface area contributed by atoms with Gasteiger partial charge in [0, 0.05) is 11.3 Å². The van der Waals surface area contributed by atoms with Crippen molar-refractivity contribution in [3.05, 3.63) is 108 Å². The van der Waals surface area contributed by atoms with Crippen molar-refractivity contribution in [1.29, 1.82) is 0 Å². The van der Waals surface area contributed by atoms with Crippen LogP contribution in [-0.2, 0) is 10.2 Å². The molecule has 3 heteroatoms. The van der Waals surface area contributed by atoms with E-state index in [1.807, 2.05) is 30.3 Å². The summed E-state index contributed by atoms with van der Waals surface area (Å²) in [6.45, 7) is 0. The van der Waals surface area contributed by atoms with Gasteiger partial charge in [-0.15, -0.1) is 0 Å². The third-order valence-electron chi connectivity index (χ3n) is 6.95. The molecule has 0 bridgehead atoms. The zero-order valence-electron chi connectivity index (χ0n) is 17.7. The molecule has 31 heavy (non-hydrogen) atoms. The Kier molecular flexibility index (Phi) is 5.42. The minimum atomic E-state index is -0.262. The first-order valence-electron chi connectivity index (χ1n) is 11.3. The van der Waals surface area contributed by atoms with Crippen LogP contribution in [0.2, 0.25) is 0 Å². The number of amides is 1. The molecule has 0 aromatic heterocycles. The van der Waals surface area contributed by atoms with Gasteiger partial charge in [-0.3, -0.25) is 4.79 Å². The number of carbonyl (C=O) groups excluding carboxylic acids is 1. The lowest BCUT2D eigenvalue weighted by atomic mass is 9.85. The molecule has 0 spiro atoms. The molecule has 1 N–H and O–H groups in total. The molecule has 0 unspecified atom stereocenters. The largest absolute Gasteiger partial charge is 0.273 e. The molecule has 0 saturated heterocycles. The molecule has 1 amide bonds. The highest BCUT2D eigenvalue weighted by Gasteiger charge is 2.60. The zero-order valence-corrected chi connectivity index (χ0v) is 17.7. The van der Waals surface area contributed by atoms with E-state index < -0.39 is 0 Å². The lowest BCUT2D eigenvalue weighted by Gasteiger charge is -2.19. The average Bonchev–Trinajstić information content (AvgIpc) is 3.39. The summed E-state index contributed by atoms with van der Waals surface area (Å²) in [5.41, 5.74) is 7.24. The Bertz CT molecular complexity index is 1010. The van der Waals surface area contributed by atoms with E-state index in [9.17, 15) is 4.79 Å². The lowest BCUT2D eigenvalue weighted by molar-refractivity contribution is -0.122. The molecular weight excluding hydrogens is 380 g/mol. The monoisotopic (exact) mass is 408 g/mol. The van der Waals surface area contributed by atoms with Gasteiger partial charge >= 0.3 is 0 Å². The van der Waals surface area contributed by atoms with Crippen molar-refractivity contribution in [2.24, 2.45) is 16.9 Å². The van der Waals surface area contributed by atoms with Crippen molar-refractivity contribution in [2.75, 3.05) is 0 Å². The summed E-state index contributed by atoms with van der Waals surface area (Å²) >= 11 is 0. The number of hydrazone groups is 1. The van der Waals surface area contributed by atoms with Crippen LogP contribution in [0.4, 0.5) is 0 Å². The summed E-state index contributed by atoms with van der Waals surface area (Å²) in [6.07, 6.45) is 5.57. The fourth-order valence-electron chi connectivity index (χ4n) is 5.25. The molecule has 2 aliphatic carbocycles. The first-order chi connectivity index (χ1) is 15.3. The first-order valence-corrected chi connectivity index (χ1v) is 11.3. The van der Waals surface area contributed by atoms with E-state index in [-0.39, 0.29) is 17.2 Å². The molecule has 2 saturated carbocycles. The number of rotatable bonds is 6. The summed E-state index contributed by atoms with van der Waals surface area (Å²) in [7, 11) is 0. The van der Waals surface area contributed by atoms with Gasteiger partial charge < -0.3 is 0 Å². The number of hydrogen-bond donors (Lipinski definition) is 1. The zero-order chi connectivity index (χ0) is 21.1. The Morgan fingerprint density at radius 2 is 1.29 bits per heavy atom. The summed E-state index contributed by atoms with van der Waals surface area (Å²) in [5, 5.41) is 4.71. The van der Waals surface area contributed by atoms with Crippen LogP contribution in [-0.4, -0.2) is 11.6 Å². The quantitative estimate of drug-likeness (QED) is 0.412. The second-order valence-corrected chi connectivity index (χ2v) is 8.78. The van der Waals surface area contributed by atoms with Gasteiger partial charge in [-0.2, -0.15) is 5.10 Å². The number of nitrogens with zero attached hydrogens (tertiary/aromatic N) is 1. The van der Waals surface area contributed by atoms with Gasteiger partial charge in [0.05, 0.1) is 11.6 Å². The van der Waals surface area contributed by atoms with Crippen LogP contribution in [0.25, 0.3) is 0 Å². The Morgan fingerprint density at radius 3 is 1.84 bits per heavy atom. The molecule has 0 heterocycles.